The Hall–Kier alpha value is -2.82. The molecule has 1 saturated heterocycles. The Kier molecular flexibility index (Phi) is 6.26. The third kappa shape index (κ3) is 3.99. The van der Waals surface area contributed by atoms with E-state index in [0.29, 0.717) is 0 Å². The summed E-state index contributed by atoms with van der Waals surface area (Å²) in [6.07, 6.45) is -3.66. The van der Waals surface area contributed by atoms with Crippen molar-refractivity contribution in [2.24, 2.45) is 0 Å². The maximum Gasteiger partial charge on any atom is 0.198 e. The minimum Gasteiger partial charge on any atom is -0.507 e. The van der Waals surface area contributed by atoms with Gasteiger partial charge >= 0.3 is 0 Å². The maximum absolute atomic E-state index is 13.3. The van der Waals surface area contributed by atoms with Crippen LogP contribution in [0.4, 0.5) is 0 Å². The predicted molar refractivity (Wildman–Crippen MR) is 119 cm³/mol. The Bertz CT molecular complexity index is 1140. The third-order valence-corrected chi connectivity index (χ3v) is 6.69. The molecule has 0 radical (unpaired) electrons. The fraction of sp³-hybridized carbons (Fsp3) is 0.440. The summed E-state index contributed by atoms with van der Waals surface area (Å²) in [4.78, 5) is 26.6. The number of ether oxygens (including phenoxy) is 1. The third-order valence-electron chi connectivity index (χ3n) is 6.69. The first-order chi connectivity index (χ1) is 16.0. The van der Waals surface area contributed by atoms with Crippen LogP contribution in [0, 0.1) is 0 Å². The van der Waals surface area contributed by atoms with Crippen molar-refractivity contribution < 1.29 is 45.0 Å². The van der Waals surface area contributed by atoms with Crippen LogP contribution >= 0.6 is 0 Å². The second-order valence-electron chi connectivity index (χ2n) is 9.35. The van der Waals surface area contributed by atoms with Crippen LogP contribution in [0.25, 0.3) is 0 Å². The number of phenols is 2. The molecule has 6 N–H and O–H groups in total. The Labute approximate surface area is 195 Å². The summed E-state index contributed by atoms with van der Waals surface area (Å²) in [6.45, 7) is 2.82. The van der Waals surface area contributed by atoms with Gasteiger partial charge in [-0.2, -0.15) is 0 Å². The van der Waals surface area contributed by atoms with Crippen molar-refractivity contribution >= 4 is 11.6 Å². The van der Waals surface area contributed by atoms with E-state index in [0.717, 1.165) is 0 Å². The lowest BCUT2D eigenvalue weighted by molar-refractivity contribution is -0.163. The highest BCUT2D eigenvalue weighted by molar-refractivity contribution is 6.30. The maximum atomic E-state index is 13.3. The van der Waals surface area contributed by atoms with E-state index in [1.165, 1.54) is 31.2 Å². The second-order valence-corrected chi connectivity index (χ2v) is 9.35. The Morgan fingerprint density at radius 1 is 1.00 bits per heavy atom. The molecule has 0 saturated carbocycles. The summed E-state index contributed by atoms with van der Waals surface area (Å²) in [5, 5.41) is 61.3. The molecule has 4 rings (SSSR count). The highest BCUT2D eigenvalue weighted by Gasteiger charge is 2.40. The summed E-state index contributed by atoms with van der Waals surface area (Å²) >= 11 is 0. The number of fused-ring (bicyclic) bond motifs is 2. The fourth-order valence-corrected chi connectivity index (χ4v) is 4.76. The summed E-state index contributed by atoms with van der Waals surface area (Å²) in [6, 6.07) is 5.60. The summed E-state index contributed by atoms with van der Waals surface area (Å²) in [5.41, 5.74) is -1.46. The molecule has 9 heteroatoms. The van der Waals surface area contributed by atoms with Crippen molar-refractivity contribution in [3.63, 3.8) is 0 Å². The number of ketones is 2. The first-order valence-corrected chi connectivity index (χ1v) is 11.1. The minimum atomic E-state index is -1.33. The molecule has 2 aliphatic rings. The van der Waals surface area contributed by atoms with Gasteiger partial charge in [-0.3, -0.25) is 9.59 Å². The van der Waals surface area contributed by atoms with E-state index in [9.17, 15) is 35.1 Å². The van der Waals surface area contributed by atoms with E-state index in [4.69, 9.17) is 9.84 Å². The van der Waals surface area contributed by atoms with E-state index in [1.54, 1.807) is 6.92 Å². The number of hydrogen-bond donors (Lipinski definition) is 6. The number of hydrogen-bond acceptors (Lipinski definition) is 9. The van der Waals surface area contributed by atoms with Crippen molar-refractivity contribution in [1.29, 1.82) is 0 Å². The number of aromatic hydroxyl groups is 2. The number of aliphatic hydroxyl groups is 4. The van der Waals surface area contributed by atoms with Crippen molar-refractivity contribution in [3.8, 4) is 11.5 Å². The number of rotatable bonds is 5. The van der Waals surface area contributed by atoms with E-state index in [2.05, 4.69) is 0 Å². The van der Waals surface area contributed by atoms with Gasteiger partial charge in [-0.1, -0.05) is 12.1 Å². The molecule has 5 atom stereocenters. The molecule has 1 fully saturated rings. The fourth-order valence-electron chi connectivity index (χ4n) is 4.76. The van der Waals surface area contributed by atoms with Gasteiger partial charge in [0, 0.05) is 36.1 Å². The highest BCUT2D eigenvalue weighted by Crippen LogP contribution is 2.43. The van der Waals surface area contributed by atoms with Crippen LogP contribution in [-0.4, -0.2) is 72.7 Å². The number of aliphatic hydroxyl groups excluding tert-OH is 3. The van der Waals surface area contributed by atoms with Crippen LogP contribution in [0.3, 0.4) is 0 Å². The van der Waals surface area contributed by atoms with Gasteiger partial charge in [-0.05, 0) is 38.0 Å². The van der Waals surface area contributed by atoms with Gasteiger partial charge in [-0.15, -0.1) is 0 Å². The minimum absolute atomic E-state index is 0.00546. The van der Waals surface area contributed by atoms with Crippen LogP contribution in [0.5, 0.6) is 11.5 Å². The zero-order valence-corrected chi connectivity index (χ0v) is 18.9. The van der Waals surface area contributed by atoms with Crippen LogP contribution in [-0.2, 0) is 11.2 Å². The molecule has 1 aliphatic heterocycles. The number of benzene rings is 2. The summed E-state index contributed by atoms with van der Waals surface area (Å²) in [5.74, 6) is -2.18. The molecule has 0 aromatic heterocycles. The lowest BCUT2D eigenvalue weighted by Crippen LogP contribution is -2.44. The lowest BCUT2D eigenvalue weighted by Gasteiger charge is -2.36. The van der Waals surface area contributed by atoms with E-state index >= 15 is 0 Å². The van der Waals surface area contributed by atoms with Crippen LogP contribution in [0.15, 0.2) is 24.3 Å². The quantitative estimate of drug-likeness (QED) is 0.319. The normalized spacial score (nSPS) is 26.1. The van der Waals surface area contributed by atoms with Crippen molar-refractivity contribution in [2.75, 3.05) is 6.61 Å². The first kappa shape index (κ1) is 24.3. The Morgan fingerprint density at radius 3 is 2.18 bits per heavy atom. The molecule has 9 nitrogen and oxygen atoms in total. The number of phenolic OH excluding ortho intramolecular Hbond substituents is 2. The van der Waals surface area contributed by atoms with Crippen molar-refractivity contribution in [3.05, 3.63) is 57.6 Å². The van der Waals surface area contributed by atoms with Gasteiger partial charge in [0.15, 0.2) is 11.6 Å². The topological polar surface area (TPSA) is 165 Å². The second kappa shape index (κ2) is 8.75. The van der Waals surface area contributed by atoms with E-state index in [1.807, 2.05) is 0 Å². The average Bonchev–Trinajstić information content (AvgIpc) is 2.76. The molecule has 2 aromatic carbocycles. The highest BCUT2D eigenvalue weighted by atomic mass is 16.5. The Morgan fingerprint density at radius 2 is 1.59 bits per heavy atom. The molecular weight excluding hydrogens is 444 g/mol. The molecule has 1 heterocycles. The molecule has 0 amide bonds. The van der Waals surface area contributed by atoms with E-state index < -0.39 is 53.1 Å². The van der Waals surface area contributed by atoms with Crippen LogP contribution in [0.1, 0.15) is 75.8 Å². The molecule has 34 heavy (non-hydrogen) atoms. The summed E-state index contributed by atoms with van der Waals surface area (Å²) in [7, 11) is 0. The molecule has 0 spiro atoms. The van der Waals surface area contributed by atoms with Gasteiger partial charge < -0.3 is 35.4 Å². The average molecular weight is 472 g/mol. The van der Waals surface area contributed by atoms with Gasteiger partial charge in [0.2, 0.25) is 0 Å². The van der Waals surface area contributed by atoms with Crippen LogP contribution in [0.2, 0.25) is 0 Å². The molecule has 182 valence electrons. The van der Waals surface area contributed by atoms with E-state index in [-0.39, 0.29) is 59.3 Å². The predicted octanol–water partition coefficient (Wildman–Crippen LogP) is 1.12. The standard InChI is InChI=1S/C25H28O9/c1-11-20(28)16(27)9-17(34-11)13-5-6-15-19(22(13)30)24(32)14-4-3-12(10-25(2,33)7-8-26)21(29)18(14)23(15)31/h3-6,11,16-17,20,26-30,33H,7-10H2,1-2H3/t11-,16-,17-,20-,25+/m1/s1. The van der Waals surface area contributed by atoms with Crippen LogP contribution < -0.4 is 0 Å². The Balaban J connectivity index is 1.74. The largest absolute Gasteiger partial charge is 0.507 e. The smallest absolute Gasteiger partial charge is 0.198 e. The first-order valence-electron chi connectivity index (χ1n) is 11.1. The van der Waals surface area contributed by atoms with Gasteiger partial charge in [0.05, 0.1) is 35.0 Å². The zero-order valence-electron chi connectivity index (χ0n) is 18.9. The van der Waals surface area contributed by atoms with Gasteiger partial charge in [0.25, 0.3) is 0 Å². The van der Waals surface area contributed by atoms with Crippen molar-refractivity contribution in [2.45, 2.75) is 63.1 Å². The molecule has 1 aliphatic carbocycles. The van der Waals surface area contributed by atoms with Gasteiger partial charge in [0.1, 0.15) is 17.6 Å². The molecular formula is C25H28O9. The molecule has 0 unspecified atom stereocenters. The molecule has 2 aromatic rings. The lowest BCUT2D eigenvalue weighted by atomic mass is 9.79. The summed E-state index contributed by atoms with van der Waals surface area (Å²) < 4.78 is 5.71. The SMILES string of the molecule is C[C@H]1O[C@@H](c2ccc3c(c2O)C(=O)c2ccc(C[C@@](C)(O)CCO)c(O)c2C3=O)C[C@@H](O)[C@@H]1O. The number of carbonyl (C=O) groups excluding carboxylic acids is 2. The zero-order chi connectivity index (χ0) is 24.9. The monoisotopic (exact) mass is 472 g/mol. The van der Waals surface area contributed by atoms with Crippen molar-refractivity contribution in [1.82, 2.24) is 0 Å². The number of carbonyl (C=O) groups is 2. The molecule has 0 bridgehead atoms. The van der Waals surface area contributed by atoms with Gasteiger partial charge in [-0.25, -0.2) is 0 Å².